The molecule has 0 heterocycles. The van der Waals surface area contributed by atoms with Gasteiger partial charge in [-0.25, -0.2) is 0 Å². The van der Waals surface area contributed by atoms with Crippen LogP contribution in [0.4, 0.5) is 5.69 Å². The first-order valence-corrected chi connectivity index (χ1v) is 8.45. The van der Waals surface area contributed by atoms with E-state index in [1.807, 2.05) is 24.3 Å². The zero-order valence-electron chi connectivity index (χ0n) is 13.7. The molecule has 1 aliphatic carbocycles. The number of carbonyl (C=O) groups is 1. The fourth-order valence-corrected chi connectivity index (χ4v) is 3.17. The summed E-state index contributed by atoms with van der Waals surface area (Å²) in [7, 11) is 0. The monoisotopic (exact) mass is 308 g/mol. The molecule has 0 atom stereocenters. The van der Waals surface area contributed by atoms with Gasteiger partial charge in [-0.05, 0) is 54.1 Å². The average Bonchev–Trinajstić information content (AvgIpc) is 3.01. The average molecular weight is 308 g/mol. The van der Waals surface area contributed by atoms with Gasteiger partial charge in [-0.3, -0.25) is 4.79 Å². The van der Waals surface area contributed by atoms with Crippen molar-refractivity contribution < 1.29 is 4.79 Å². The molecule has 2 aromatic carbocycles. The lowest BCUT2D eigenvalue weighted by Gasteiger charge is -2.12. The molecule has 2 aromatic rings. The zero-order chi connectivity index (χ0) is 16.1. The quantitative estimate of drug-likeness (QED) is 0.858. The van der Waals surface area contributed by atoms with Gasteiger partial charge >= 0.3 is 0 Å². The van der Waals surface area contributed by atoms with Crippen LogP contribution < -0.4 is 10.6 Å². The summed E-state index contributed by atoms with van der Waals surface area (Å²) in [5, 5.41) is 6.36. The fourth-order valence-electron chi connectivity index (χ4n) is 3.17. The molecule has 23 heavy (non-hydrogen) atoms. The maximum Gasteiger partial charge on any atom is 0.228 e. The molecule has 0 fully saturated rings. The highest BCUT2D eigenvalue weighted by molar-refractivity contribution is 5.93. The number of hydrogen-bond donors (Lipinski definition) is 2. The van der Waals surface area contributed by atoms with E-state index in [1.165, 1.54) is 24.0 Å². The molecule has 0 bridgehead atoms. The second kappa shape index (κ2) is 7.42. The molecule has 0 unspecified atom stereocenters. The van der Waals surface area contributed by atoms with Crippen molar-refractivity contribution in [3.05, 3.63) is 64.7 Å². The first kappa shape index (κ1) is 15.8. The lowest BCUT2D eigenvalue weighted by molar-refractivity contribution is -0.115. The maximum absolute atomic E-state index is 12.4. The topological polar surface area (TPSA) is 41.1 Å². The van der Waals surface area contributed by atoms with Crippen LogP contribution in [0.25, 0.3) is 0 Å². The van der Waals surface area contributed by atoms with E-state index in [9.17, 15) is 4.79 Å². The van der Waals surface area contributed by atoms with Crippen molar-refractivity contribution in [3.63, 3.8) is 0 Å². The third-order valence-corrected chi connectivity index (χ3v) is 4.38. The Kier molecular flexibility index (Phi) is 5.09. The van der Waals surface area contributed by atoms with Gasteiger partial charge in [0.2, 0.25) is 5.91 Å². The molecule has 2 N–H and O–H groups in total. The number of fused-ring (bicyclic) bond motifs is 1. The lowest BCUT2D eigenvalue weighted by atomic mass is 10.0. The van der Waals surface area contributed by atoms with Gasteiger partial charge in [0, 0.05) is 12.2 Å². The normalized spacial score (nSPS) is 12.9. The summed E-state index contributed by atoms with van der Waals surface area (Å²) in [6.45, 7) is 3.76. The SMILES string of the molecule is CCNCc1ccccc1NC(=O)Cc1ccc2c(c1)CCC2. The number of rotatable bonds is 6. The Hall–Kier alpha value is -2.13. The van der Waals surface area contributed by atoms with Crippen LogP contribution in [0.5, 0.6) is 0 Å². The second-order valence-corrected chi connectivity index (χ2v) is 6.12. The van der Waals surface area contributed by atoms with Gasteiger partial charge < -0.3 is 10.6 Å². The molecule has 0 radical (unpaired) electrons. The summed E-state index contributed by atoms with van der Waals surface area (Å²) in [5.74, 6) is 0.0481. The molecule has 3 rings (SSSR count). The maximum atomic E-state index is 12.4. The predicted octanol–water partition coefficient (Wildman–Crippen LogP) is 3.47. The Bertz CT molecular complexity index is 694. The second-order valence-electron chi connectivity index (χ2n) is 6.12. The predicted molar refractivity (Wildman–Crippen MR) is 94.6 cm³/mol. The Morgan fingerprint density at radius 3 is 2.78 bits per heavy atom. The lowest BCUT2D eigenvalue weighted by Crippen LogP contribution is -2.18. The van der Waals surface area contributed by atoms with E-state index in [-0.39, 0.29) is 5.91 Å². The molecule has 1 aliphatic rings. The Morgan fingerprint density at radius 2 is 1.91 bits per heavy atom. The Labute approximate surface area is 138 Å². The number of aryl methyl sites for hydroxylation is 2. The molecule has 0 saturated heterocycles. The molecule has 120 valence electrons. The van der Waals surface area contributed by atoms with Crippen molar-refractivity contribution in [1.82, 2.24) is 5.32 Å². The summed E-state index contributed by atoms with van der Waals surface area (Å²) >= 11 is 0. The molecular formula is C20H24N2O. The number of para-hydroxylation sites is 1. The van der Waals surface area contributed by atoms with Crippen LogP contribution >= 0.6 is 0 Å². The van der Waals surface area contributed by atoms with E-state index in [1.54, 1.807) is 0 Å². The molecule has 0 saturated carbocycles. The minimum Gasteiger partial charge on any atom is -0.325 e. The van der Waals surface area contributed by atoms with E-state index in [2.05, 4.69) is 35.8 Å². The van der Waals surface area contributed by atoms with E-state index >= 15 is 0 Å². The van der Waals surface area contributed by atoms with E-state index in [0.717, 1.165) is 36.3 Å². The molecule has 1 amide bonds. The van der Waals surface area contributed by atoms with E-state index in [4.69, 9.17) is 0 Å². The summed E-state index contributed by atoms with van der Waals surface area (Å²) in [5.41, 5.74) is 6.00. The van der Waals surface area contributed by atoms with Crippen LogP contribution in [0, 0.1) is 0 Å². The van der Waals surface area contributed by atoms with Gasteiger partial charge in [0.05, 0.1) is 6.42 Å². The number of anilines is 1. The summed E-state index contributed by atoms with van der Waals surface area (Å²) in [6, 6.07) is 14.5. The number of amides is 1. The number of carbonyl (C=O) groups excluding carboxylic acids is 1. The first-order chi connectivity index (χ1) is 11.3. The van der Waals surface area contributed by atoms with Crippen LogP contribution in [0.15, 0.2) is 42.5 Å². The minimum absolute atomic E-state index is 0.0481. The highest BCUT2D eigenvalue weighted by atomic mass is 16.1. The standard InChI is InChI=1S/C20H24N2O/c1-2-21-14-18-6-3-4-9-19(18)22-20(23)13-15-10-11-16-7-5-8-17(16)12-15/h3-4,6,9-12,21H,2,5,7-8,13-14H2,1H3,(H,22,23). The van der Waals surface area contributed by atoms with Crippen LogP contribution in [-0.4, -0.2) is 12.5 Å². The molecule has 3 heteroatoms. The third-order valence-electron chi connectivity index (χ3n) is 4.38. The third kappa shape index (κ3) is 3.99. The summed E-state index contributed by atoms with van der Waals surface area (Å²) < 4.78 is 0. The minimum atomic E-state index is 0.0481. The van der Waals surface area contributed by atoms with Crippen LogP contribution in [0.2, 0.25) is 0 Å². The largest absolute Gasteiger partial charge is 0.325 e. The summed E-state index contributed by atoms with van der Waals surface area (Å²) in [6.07, 6.45) is 4.00. The highest BCUT2D eigenvalue weighted by Crippen LogP contribution is 2.23. The van der Waals surface area contributed by atoms with Crippen LogP contribution in [-0.2, 0) is 30.6 Å². The first-order valence-electron chi connectivity index (χ1n) is 8.45. The molecule has 0 spiro atoms. The fraction of sp³-hybridized carbons (Fsp3) is 0.350. The van der Waals surface area contributed by atoms with Gasteiger partial charge in [-0.1, -0.05) is 43.3 Å². The van der Waals surface area contributed by atoms with Crippen molar-refractivity contribution in [2.75, 3.05) is 11.9 Å². The molecule has 3 nitrogen and oxygen atoms in total. The molecular weight excluding hydrogens is 284 g/mol. The zero-order valence-corrected chi connectivity index (χ0v) is 13.7. The van der Waals surface area contributed by atoms with Crippen LogP contribution in [0.1, 0.15) is 35.6 Å². The van der Waals surface area contributed by atoms with Gasteiger partial charge in [-0.2, -0.15) is 0 Å². The van der Waals surface area contributed by atoms with E-state index < -0.39 is 0 Å². The van der Waals surface area contributed by atoms with Gasteiger partial charge in [-0.15, -0.1) is 0 Å². The Balaban J connectivity index is 1.65. The number of nitrogens with one attached hydrogen (secondary N) is 2. The van der Waals surface area contributed by atoms with E-state index in [0.29, 0.717) is 6.42 Å². The number of benzene rings is 2. The Morgan fingerprint density at radius 1 is 1.09 bits per heavy atom. The van der Waals surface area contributed by atoms with Gasteiger partial charge in [0.25, 0.3) is 0 Å². The van der Waals surface area contributed by atoms with Gasteiger partial charge in [0.1, 0.15) is 0 Å². The molecule has 0 aliphatic heterocycles. The molecule has 0 aromatic heterocycles. The summed E-state index contributed by atoms with van der Waals surface area (Å²) in [4.78, 5) is 12.4. The van der Waals surface area contributed by atoms with Crippen molar-refractivity contribution in [2.45, 2.75) is 39.2 Å². The van der Waals surface area contributed by atoms with Crippen molar-refractivity contribution >= 4 is 11.6 Å². The number of hydrogen-bond acceptors (Lipinski definition) is 2. The van der Waals surface area contributed by atoms with Crippen molar-refractivity contribution in [3.8, 4) is 0 Å². The van der Waals surface area contributed by atoms with Crippen molar-refractivity contribution in [1.29, 1.82) is 0 Å². The van der Waals surface area contributed by atoms with Gasteiger partial charge in [0.15, 0.2) is 0 Å². The van der Waals surface area contributed by atoms with Crippen molar-refractivity contribution in [2.24, 2.45) is 0 Å². The van der Waals surface area contributed by atoms with Crippen LogP contribution in [0.3, 0.4) is 0 Å². The smallest absolute Gasteiger partial charge is 0.228 e. The highest BCUT2D eigenvalue weighted by Gasteiger charge is 2.13.